The van der Waals surface area contributed by atoms with E-state index in [2.05, 4.69) is 5.32 Å². The molecular formula is C16H17ClFN2O+. The summed E-state index contributed by atoms with van der Waals surface area (Å²) in [4.78, 5) is 11.8. The Morgan fingerprint density at radius 1 is 1.29 bits per heavy atom. The topological polar surface area (TPSA) is 45.7 Å². The van der Waals surface area contributed by atoms with Crippen molar-refractivity contribution in [3.63, 3.8) is 0 Å². The van der Waals surface area contributed by atoms with Crippen LogP contribution in [0.5, 0.6) is 0 Å². The minimum Gasteiger partial charge on any atom is -0.333 e. The Balaban J connectivity index is 1.88. The minimum absolute atomic E-state index is 0.0927. The maximum Gasteiger partial charge on any atom is 0.279 e. The molecule has 0 bridgehead atoms. The molecule has 2 aromatic rings. The van der Waals surface area contributed by atoms with Gasteiger partial charge >= 0.3 is 0 Å². The second-order valence-corrected chi connectivity index (χ2v) is 5.25. The fraction of sp³-hybridized carbons (Fsp3) is 0.188. The van der Waals surface area contributed by atoms with Crippen LogP contribution in [0.2, 0.25) is 5.02 Å². The highest BCUT2D eigenvalue weighted by Gasteiger charge is 2.13. The van der Waals surface area contributed by atoms with Gasteiger partial charge in [-0.15, -0.1) is 0 Å². The van der Waals surface area contributed by atoms with Crippen molar-refractivity contribution in [1.29, 1.82) is 0 Å². The summed E-state index contributed by atoms with van der Waals surface area (Å²) in [6, 6.07) is 13.7. The van der Waals surface area contributed by atoms with Crippen LogP contribution in [-0.2, 0) is 4.79 Å². The average Bonchev–Trinajstić information content (AvgIpc) is 2.47. The zero-order valence-corrected chi connectivity index (χ0v) is 12.4. The summed E-state index contributed by atoms with van der Waals surface area (Å²) >= 11 is 5.94. The van der Waals surface area contributed by atoms with Crippen LogP contribution in [-0.4, -0.2) is 12.5 Å². The maximum atomic E-state index is 13.4. The van der Waals surface area contributed by atoms with Crippen molar-refractivity contribution in [3.8, 4) is 0 Å². The van der Waals surface area contributed by atoms with Crippen LogP contribution in [0.4, 0.5) is 10.1 Å². The number of nitrogens with two attached hydrogens (primary N) is 1. The molecule has 110 valence electrons. The molecule has 0 aliphatic carbocycles. The normalized spacial score (nSPS) is 12.0. The van der Waals surface area contributed by atoms with Gasteiger partial charge in [-0.2, -0.15) is 0 Å². The molecule has 0 spiro atoms. The smallest absolute Gasteiger partial charge is 0.279 e. The largest absolute Gasteiger partial charge is 0.333 e. The first-order valence-electron chi connectivity index (χ1n) is 6.69. The Bertz CT molecular complexity index is 633. The lowest BCUT2D eigenvalue weighted by molar-refractivity contribution is -0.682. The van der Waals surface area contributed by atoms with E-state index in [-0.39, 0.29) is 24.2 Å². The molecule has 0 aromatic heterocycles. The van der Waals surface area contributed by atoms with Gasteiger partial charge in [-0.1, -0.05) is 35.9 Å². The van der Waals surface area contributed by atoms with Gasteiger partial charge in [0.1, 0.15) is 11.9 Å². The molecule has 1 atom stereocenters. The first-order chi connectivity index (χ1) is 10.1. The highest BCUT2D eigenvalue weighted by atomic mass is 35.5. The zero-order chi connectivity index (χ0) is 15.2. The highest BCUT2D eigenvalue weighted by molar-refractivity contribution is 6.30. The van der Waals surface area contributed by atoms with E-state index in [1.165, 1.54) is 12.1 Å². The van der Waals surface area contributed by atoms with Gasteiger partial charge in [0.2, 0.25) is 0 Å². The summed E-state index contributed by atoms with van der Waals surface area (Å²) in [5.41, 5.74) is 1.24. The number of quaternary nitrogens is 1. The Kier molecular flexibility index (Phi) is 5.31. The summed E-state index contributed by atoms with van der Waals surface area (Å²) in [7, 11) is 0. The van der Waals surface area contributed by atoms with E-state index in [9.17, 15) is 9.18 Å². The van der Waals surface area contributed by atoms with Crippen LogP contribution in [0, 0.1) is 5.82 Å². The number of hydrogen-bond donors (Lipinski definition) is 2. The number of hydrogen-bond acceptors (Lipinski definition) is 1. The molecule has 0 fully saturated rings. The van der Waals surface area contributed by atoms with E-state index in [0.717, 1.165) is 5.56 Å². The SMILES string of the molecule is C[C@@H]([NH2+]CC(=O)Nc1ccccc1F)c1cccc(Cl)c1. The van der Waals surface area contributed by atoms with Gasteiger partial charge in [0, 0.05) is 10.6 Å². The summed E-state index contributed by atoms with van der Waals surface area (Å²) in [5.74, 6) is -0.678. The first kappa shape index (κ1) is 15.5. The van der Waals surface area contributed by atoms with Gasteiger partial charge in [0.05, 0.1) is 5.69 Å². The molecule has 0 aliphatic rings. The number of halogens is 2. The lowest BCUT2D eigenvalue weighted by Crippen LogP contribution is -2.86. The van der Waals surface area contributed by atoms with Crippen molar-refractivity contribution in [2.75, 3.05) is 11.9 Å². The first-order valence-corrected chi connectivity index (χ1v) is 7.07. The van der Waals surface area contributed by atoms with E-state index >= 15 is 0 Å². The predicted octanol–water partition coefficient (Wildman–Crippen LogP) is 2.74. The van der Waals surface area contributed by atoms with Gasteiger partial charge in [0.15, 0.2) is 6.54 Å². The van der Waals surface area contributed by atoms with Crippen molar-refractivity contribution in [2.45, 2.75) is 13.0 Å². The molecule has 0 heterocycles. The molecule has 1 amide bonds. The monoisotopic (exact) mass is 307 g/mol. The lowest BCUT2D eigenvalue weighted by atomic mass is 10.1. The standard InChI is InChI=1S/C16H16ClFN2O/c1-11(12-5-4-6-13(17)9-12)19-10-16(21)20-15-8-3-2-7-14(15)18/h2-9,11,19H,10H2,1H3,(H,20,21)/p+1/t11-/m1/s1. The molecule has 0 saturated heterocycles. The molecule has 0 aliphatic heterocycles. The Morgan fingerprint density at radius 3 is 2.76 bits per heavy atom. The minimum atomic E-state index is -0.436. The summed E-state index contributed by atoms with van der Waals surface area (Å²) in [5, 5.41) is 5.10. The molecule has 3 N–H and O–H groups in total. The molecule has 3 nitrogen and oxygen atoms in total. The Hall–Kier alpha value is -1.91. The predicted molar refractivity (Wildman–Crippen MR) is 81.7 cm³/mol. The molecule has 5 heteroatoms. The number of carbonyl (C=O) groups is 1. The van der Waals surface area contributed by atoms with Gasteiger partial charge < -0.3 is 10.6 Å². The number of benzene rings is 2. The molecule has 0 saturated carbocycles. The molecule has 21 heavy (non-hydrogen) atoms. The van der Waals surface area contributed by atoms with Crippen LogP contribution in [0.1, 0.15) is 18.5 Å². The molecule has 2 rings (SSSR count). The van der Waals surface area contributed by atoms with Crippen molar-refractivity contribution in [3.05, 3.63) is 64.9 Å². The van der Waals surface area contributed by atoms with Crippen LogP contribution in [0.3, 0.4) is 0 Å². The third-order valence-corrected chi connectivity index (χ3v) is 3.41. The molecular weight excluding hydrogens is 291 g/mol. The van der Waals surface area contributed by atoms with Gasteiger partial charge in [0.25, 0.3) is 5.91 Å². The number of anilines is 1. The van der Waals surface area contributed by atoms with E-state index < -0.39 is 5.82 Å². The van der Waals surface area contributed by atoms with E-state index in [0.29, 0.717) is 5.02 Å². The van der Waals surface area contributed by atoms with Crippen molar-refractivity contribution >= 4 is 23.2 Å². The Morgan fingerprint density at radius 2 is 2.05 bits per heavy atom. The summed E-state index contributed by atoms with van der Waals surface area (Å²) < 4.78 is 13.4. The molecule has 0 unspecified atom stereocenters. The summed E-state index contributed by atoms with van der Waals surface area (Å²) in [6.07, 6.45) is 0. The molecule has 0 radical (unpaired) electrons. The number of nitrogens with one attached hydrogen (secondary N) is 1. The maximum absolute atomic E-state index is 13.4. The van der Waals surface area contributed by atoms with E-state index in [1.807, 2.05) is 36.5 Å². The van der Waals surface area contributed by atoms with Crippen LogP contribution >= 0.6 is 11.6 Å². The van der Waals surface area contributed by atoms with E-state index in [4.69, 9.17) is 11.6 Å². The molecule has 2 aromatic carbocycles. The van der Waals surface area contributed by atoms with Crippen molar-refractivity contribution in [2.24, 2.45) is 0 Å². The van der Waals surface area contributed by atoms with Crippen molar-refractivity contribution in [1.82, 2.24) is 0 Å². The van der Waals surface area contributed by atoms with Crippen molar-refractivity contribution < 1.29 is 14.5 Å². The second kappa shape index (κ2) is 7.20. The second-order valence-electron chi connectivity index (χ2n) is 4.81. The number of rotatable bonds is 5. The summed E-state index contributed by atoms with van der Waals surface area (Å²) in [6.45, 7) is 2.20. The zero-order valence-electron chi connectivity index (χ0n) is 11.6. The number of para-hydroxylation sites is 1. The lowest BCUT2D eigenvalue weighted by Gasteiger charge is -2.11. The van der Waals surface area contributed by atoms with Crippen LogP contribution in [0.25, 0.3) is 0 Å². The third-order valence-electron chi connectivity index (χ3n) is 3.18. The fourth-order valence-electron chi connectivity index (χ4n) is 1.97. The van der Waals surface area contributed by atoms with E-state index in [1.54, 1.807) is 12.1 Å². The van der Waals surface area contributed by atoms with Gasteiger partial charge in [-0.25, -0.2) is 4.39 Å². The van der Waals surface area contributed by atoms with Crippen LogP contribution < -0.4 is 10.6 Å². The number of amides is 1. The quantitative estimate of drug-likeness (QED) is 0.876. The average molecular weight is 308 g/mol. The van der Waals surface area contributed by atoms with Crippen LogP contribution in [0.15, 0.2) is 48.5 Å². The Labute approximate surface area is 128 Å². The highest BCUT2D eigenvalue weighted by Crippen LogP contribution is 2.15. The third kappa shape index (κ3) is 4.55. The van der Waals surface area contributed by atoms with Gasteiger partial charge in [-0.3, -0.25) is 4.79 Å². The fourth-order valence-corrected chi connectivity index (χ4v) is 2.17. The van der Waals surface area contributed by atoms with Gasteiger partial charge in [-0.05, 0) is 31.2 Å². The number of carbonyl (C=O) groups excluding carboxylic acids is 1.